The highest BCUT2D eigenvalue weighted by atomic mass is 19.2. The quantitative estimate of drug-likeness (QED) is 0.831. The van der Waals surface area contributed by atoms with E-state index in [1.807, 2.05) is 0 Å². The normalized spacial score (nSPS) is 10.7. The van der Waals surface area contributed by atoms with Crippen LogP contribution in [0.5, 0.6) is 0 Å². The summed E-state index contributed by atoms with van der Waals surface area (Å²) >= 11 is 0. The molecule has 0 unspecified atom stereocenters. The fourth-order valence-corrected chi connectivity index (χ4v) is 1.72. The average molecular weight is 252 g/mol. The maximum absolute atomic E-state index is 13.1. The summed E-state index contributed by atoms with van der Waals surface area (Å²) in [6, 6.07) is 8.78. The summed E-state index contributed by atoms with van der Waals surface area (Å²) in [5, 5.41) is 8.77. The SMILES string of the molecule is OCCc1ccc(-c2cc(F)c(F)c(F)c2)cc1. The average Bonchev–Trinajstić information content (AvgIpc) is 2.37. The second-order valence-corrected chi connectivity index (χ2v) is 3.92. The highest BCUT2D eigenvalue weighted by molar-refractivity contribution is 5.63. The van der Waals surface area contributed by atoms with Crippen LogP contribution in [-0.4, -0.2) is 11.7 Å². The summed E-state index contributed by atoms with van der Waals surface area (Å²) in [5.74, 6) is -3.87. The molecule has 1 N–H and O–H groups in total. The molecule has 0 atom stereocenters. The third kappa shape index (κ3) is 2.54. The van der Waals surface area contributed by atoms with Crippen molar-refractivity contribution in [3.05, 3.63) is 59.4 Å². The summed E-state index contributed by atoms with van der Waals surface area (Å²) in [6.07, 6.45) is 0.520. The summed E-state index contributed by atoms with van der Waals surface area (Å²) in [6.45, 7) is 0.0408. The van der Waals surface area contributed by atoms with E-state index in [1.165, 1.54) is 0 Å². The maximum Gasteiger partial charge on any atom is 0.194 e. The van der Waals surface area contributed by atoms with Crippen molar-refractivity contribution < 1.29 is 18.3 Å². The number of hydrogen-bond donors (Lipinski definition) is 1. The lowest BCUT2D eigenvalue weighted by atomic mass is 10.0. The first-order chi connectivity index (χ1) is 8.61. The molecule has 0 saturated heterocycles. The van der Waals surface area contributed by atoms with Crippen LogP contribution >= 0.6 is 0 Å². The molecule has 0 aliphatic rings. The van der Waals surface area contributed by atoms with Crippen LogP contribution in [0.4, 0.5) is 13.2 Å². The van der Waals surface area contributed by atoms with Crippen molar-refractivity contribution in [2.45, 2.75) is 6.42 Å². The van der Waals surface area contributed by atoms with Gasteiger partial charge in [-0.25, -0.2) is 13.2 Å². The number of aliphatic hydroxyl groups excluding tert-OH is 1. The zero-order valence-corrected chi connectivity index (χ0v) is 9.46. The smallest absolute Gasteiger partial charge is 0.194 e. The Balaban J connectivity index is 2.36. The second-order valence-electron chi connectivity index (χ2n) is 3.92. The number of rotatable bonds is 3. The Hall–Kier alpha value is -1.81. The molecule has 0 saturated carbocycles. The van der Waals surface area contributed by atoms with E-state index in [0.29, 0.717) is 12.0 Å². The fraction of sp³-hybridized carbons (Fsp3) is 0.143. The van der Waals surface area contributed by atoms with Crippen LogP contribution in [0.3, 0.4) is 0 Å². The van der Waals surface area contributed by atoms with Gasteiger partial charge in [-0.1, -0.05) is 24.3 Å². The first-order valence-electron chi connectivity index (χ1n) is 5.46. The van der Waals surface area contributed by atoms with E-state index in [-0.39, 0.29) is 12.2 Å². The Morgan fingerprint density at radius 1 is 0.833 bits per heavy atom. The molecule has 0 spiro atoms. The lowest BCUT2D eigenvalue weighted by Gasteiger charge is -2.05. The monoisotopic (exact) mass is 252 g/mol. The van der Waals surface area contributed by atoms with Crippen molar-refractivity contribution in [3.8, 4) is 11.1 Å². The summed E-state index contributed by atoms with van der Waals surface area (Å²) < 4.78 is 39.0. The van der Waals surface area contributed by atoms with Crippen molar-refractivity contribution in [1.82, 2.24) is 0 Å². The van der Waals surface area contributed by atoms with Gasteiger partial charge in [0.25, 0.3) is 0 Å². The van der Waals surface area contributed by atoms with Crippen LogP contribution in [0.15, 0.2) is 36.4 Å². The third-order valence-electron chi connectivity index (χ3n) is 2.67. The molecular formula is C14H11F3O. The predicted molar refractivity (Wildman–Crippen MR) is 62.5 cm³/mol. The van der Waals surface area contributed by atoms with E-state index >= 15 is 0 Å². The van der Waals surface area contributed by atoms with Crippen LogP contribution in [0.25, 0.3) is 11.1 Å². The van der Waals surface area contributed by atoms with Gasteiger partial charge in [0, 0.05) is 6.61 Å². The first kappa shape index (κ1) is 12.6. The molecule has 1 nitrogen and oxygen atoms in total. The highest BCUT2D eigenvalue weighted by Crippen LogP contribution is 2.24. The molecule has 0 aromatic heterocycles. The van der Waals surface area contributed by atoms with E-state index < -0.39 is 17.5 Å². The minimum absolute atomic E-state index is 0.0408. The highest BCUT2D eigenvalue weighted by Gasteiger charge is 2.11. The molecule has 0 aliphatic heterocycles. The molecule has 0 heterocycles. The minimum atomic E-state index is -1.46. The molecule has 2 aromatic rings. The predicted octanol–water partition coefficient (Wildman–Crippen LogP) is 3.31. The number of hydrogen-bond acceptors (Lipinski definition) is 1. The molecule has 2 rings (SSSR count). The van der Waals surface area contributed by atoms with Gasteiger partial charge in [-0.15, -0.1) is 0 Å². The first-order valence-corrected chi connectivity index (χ1v) is 5.46. The van der Waals surface area contributed by atoms with Crippen molar-refractivity contribution in [3.63, 3.8) is 0 Å². The van der Waals surface area contributed by atoms with Crippen LogP contribution < -0.4 is 0 Å². The number of benzene rings is 2. The Morgan fingerprint density at radius 3 is 1.89 bits per heavy atom. The Kier molecular flexibility index (Phi) is 3.67. The molecule has 2 aromatic carbocycles. The lowest BCUT2D eigenvalue weighted by Crippen LogP contribution is -1.93. The van der Waals surface area contributed by atoms with E-state index in [4.69, 9.17) is 5.11 Å². The largest absolute Gasteiger partial charge is 0.396 e. The van der Waals surface area contributed by atoms with Gasteiger partial charge in [0.05, 0.1) is 0 Å². The van der Waals surface area contributed by atoms with Gasteiger partial charge in [-0.2, -0.15) is 0 Å². The van der Waals surface area contributed by atoms with Crippen LogP contribution in [0.1, 0.15) is 5.56 Å². The molecule has 0 aliphatic carbocycles. The molecule has 94 valence electrons. The van der Waals surface area contributed by atoms with E-state index in [2.05, 4.69) is 0 Å². The lowest BCUT2D eigenvalue weighted by molar-refractivity contribution is 0.299. The molecule has 0 amide bonds. The summed E-state index contributed by atoms with van der Waals surface area (Å²) in [5.41, 5.74) is 1.79. The topological polar surface area (TPSA) is 20.2 Å². The van der Waals surface area contributed by atoms with E-state index in [1.54, 1.807) is 24.3 Å². The van der Waals surface area contributed by atoms with Gasteiger partial charge < -0.3 is 5.11 Å². The van der Waals surface area contributed by atoms with Gasteiger partial charge >= 0.3 is 0 Å². The van der Waals surface area contributed by atoms with Gasteiger partial charge in [0.15, 0.2) is 17.5 Å². The second kappa shape index (κ2) is 5.23. The van der Waals surface area contributed by atoms with Crippen LogP contribution in [-0.2, 0) is 6.42 Å². The van der Waals surface area contributed by atoms with Crippen molar-refractivity contribution >= 4 is 0 Å². The number of halogens is 3. The van der Waals surface area contributed by atoms with Gasteiger partial charge in [0.2, 0.25) is 0 Å². The standard InChI is InChI=1S/C14H11F3O/c15-12-7-11(8-13(16)14(12)17)10-3-1-9(2-4-10)5-6-18/h1-4,7-8,18H,5-6H2. The van der Waals surface area contributed by atoms with Crippen LogP contribution in [0, 0.1) is 17.5 Å². The Labute approximate surface area is 103 Å². The fourth-order valence-electron chi connectivity index (χ4n) is 1.72. The van der Waals surface area contributed by atoms with E-state index in [0.717, 1.165) is 17.7 Å². The molecule has 0 radical (unpaired) electrons. The van der Waals surface area contributed by atoms with Gasteiger partial charge in [0.1, 0.15) is 0 Å². The van der Waals surface area contributed by atoms with E-state index in [9.17, 15) is 13.2 Å². The van der Waals surface area contributed by atoms with Crippen molar-refractivity contribution in [2.24, 2.45) is 0 Å². The van der Waals surface area contributed by atoms with Crippen LogP contribution in [0.2, 0.25) is 0 Å². The van der Waals surface area contributed by atoms with Crippen molar-refractivity contribution in [1.29, 1.82) is 0 Å². The van der Waals surface area contributed by atoms with Gasteiger partial charge in [-0.3, -0.25) is 0 Å². The molecule has 18 heavy (non-hydrogen) atoms. The molecule has 0 fully saturated rings. The van der Waals surface area contributed by atoms with Gasteiger partial charge in [-0.05, 0) is 35.2 Å². The number of aliphatic hydroxyl groups is 1. The zero-order chi connectivity index (χ0) is 13.1. The third-order valence-corrected chi connectivity index (χ3v) is 2.67. The summed E-state index contributed by atoms with van der Waals surface area (Å²) in [4.78, 5) is 0. The Morgan fingerprint density at radius 2 is 1.39 bits per heavy atom. The minimum Gasteiger partial charge on any atom is -0.396 e. The Bertz CT molecular complexity index is 526. The molecule has 4 heteroatoms. The molecular weight excluding hydrogens is 241 g/mol. The summed E-state index contributed by atoms with van der Waals surface area (Å²) in [7, 11) is 0. The molecule has 0 bridgehead atoms. The van der Waals surface area contributed by atoms with Crippen molar-refractivity contribution in [2.75, 3.05) is 6.61 Å². The maximum atomic E-state index is 13.1. The zero-order valence-electron chi connectivity index (χ0n) is 9.46.